The molecule has 0 spiro atoms. The molecule has 5 aromatic carbocycles. The van der Waals surface area contributed by atoms with Gasteiger partial charge >= 0.3 is 5.97 Å². The van der Waals surface area contributed by atoms with Crippen molar-refractivity contribution < 1.29 is 28.9 Å². The number of benzene rings is 5. The van der Waals surface area contributed by atoms with Crippen LogP contribution in [0.15, 0.2) is 139 Å². The number of aliphatic hydroxyl groups excluding tert-OH is 1. The van der Waals surface area contributed by atoms with Crippen molar-refractivity contribution in [3.63, 3.8) is 0 Å². The van der Waals surface area contributed by atoms with Crippen LogP contribution in [-0.2, 0) is 20.8 Å². The van der Waals surface area contributed by atoms with Crippen molar-refractivity contribution in [2.75, 3.05) is 0 Å². The molecule has 6 rings (SSSR count). The van der Waals surface area contributed by atoms with Crippen LogP contribution < -0.4 is 10.4 Å². The van der Waals surface area contributed by atoms with Gasteiger partial charge in [-0.1, -0.05) is 134 Å². The van der Waals surface area contributed by atoms with Gasteiger partial charge in [-0.3, -0.25) is 0 Å². The number of ether oxygens (including phenoxy) is 3. The average molecular weight is 688 g/mol. The van der Waals surface area contributed by atoms with Gasteiger partial charge in [0.1, 0.15) is 18.2 Å². The van der Waals surface area contributed by atoms with E-state index in [1.54, 1.807) is 30.3 Å². The smallest absolute Gasteiger partial charge is 0.338 e. The summed E-state index contributed by atoms with van der Waals surface area (Å²) in [4.78, 5) is 29.0. The topological polar surface area (TPSA) is 134 Å². The zero-order chi connectivity index (χ0) is 35.1. The Morgan fingerprint density at radius 1 is 0.860 bits per heavy atom. The number of rotatable bonds is 12. The summed E-state index contributed by atoms with van der Waals surface area (Å²) in [5.74, 6) is -0.669. The molecule has 50 heavy (non-hydrogen) atoms. The van der Waals surface area contributed by atoms with Gasteiger partial charge in [0.25, 0.3) is 8.32 Å². The maximum atomic E-state index is 13.3. The van der Waals surface area contributed by atoms with Gasteiger partial charge in [-0.25, -0.2) is 4.79 Å². The van der Waals surface area contributed by atoms with E-state index in [1.807, 2.05) is 117 Å². The minimum atomic E-state index is -3.37. The second kappa shape index (κ2) is 15.4. The van der Waals surface area contributed by atoms with Crippen LogP contribution in [0.1, 0.15) is 42.6 Å². The number of nitrogens with zero attached hydrogens (tertiary/aromatic N) is 3. The molecule has 1 heterocycles. The summed E-state index contributed by atoms with van der Waals surface area (Å²) in [7, 11) is -3.37. The minimum Gasteiger partial charge on any atom is -0.455 e. The lowest BCUT2D eigenvalue weighted by molar-refractivity contribution is -0.264. The lowest BCUT2D eigenvalue weighted by atomic mass is 9.92. The van der Waals surface area contributed by atoms with Gasteiger partial charge in [-0.15, -0.1) is 0 Å². The van der Waals surface area contributed by atoms with Gasteiger partial charge < -0.3 is 24.1 Å². The molecule has 0 amide bonds. The third kappa shape index (κ3) is 7.36. The van der Waals surface area contributed by atoms with Gasteiger partial charge in [0, 0.05) is 4.91 Å². The Morgan fingerprint density at radius 2 is 1.44 bits per heavy atom. The zero-order valence-electron chi connectivity index (χ0n) is 28.1. The Labute approximate surface area is 292 Å². The molecule has 0 aliphatic carbocycles. The molecule has 0 saturated carbocycles. The fourth-order valence-corrected chi connectivity index (χ4v) is 10.6. The van der Waals surface area contributed by atoms with E-state index in [2.05, 4.69) is 10.0 Å². The van der Waals surface area contributed by atoms with Crippen molar-refractivity contribution in [2.45, 2.75) is 69.0 Å². The van der Waals surface area contributed by atoms with Crippen LogP contribution in [0.4, 0.5) is 0 Å². The van der Waals surface area contributed by atoms with E-state index in [4.69, 9.17) is 14.2 Å². The number of hydrogen-bond donors (Lipinski definition) is 2. The number of carbonyl (C=O) groups is 1. The Morgan fingerprint density at radius 3 is 2.06 bits per heavy atom. The molecular formula is C40H41N3O6Si. The molecule has 256 valence electrons. The maximum absolute atomic E-state index is 13.3. The summed E-state index contributed by atoms with van der Waals surface area (Å²) in [6.07, 6.45) is -3.88. The van der Waals surface area contributed by atoms with Crippen LogP contribution >= 0.6 is 0 Å². The molecule has 1 fully saturated rings. The van der Waals surface area contributed by atoms with E-state index >= 15 is 0 Å². The predicted octanol–water partition coefficient (Wildman–Crippen LogP) is 6.66. The Kier molecular flexibility index (Phi) is 10.8. The average Bonchev–Trinajstić information content (AvgIpc) is 3.16. The summed E-state index contributed by atoms with van der Waals surface area (Å²) in [5, 5.41) is 18.9. The summed E-state index contributed by atoms with van der Waals surface area (Å²) in [6.45, 7) is 4.20. The van der Waals surface area contributed by atoms with Crippen LogP contribution in [-0.4, -0.2) is 54.8 Å². The van der Waals surface area contributed by atoms with Crippen molar-refractivity contribution in [3.05, 3.63) is 155 Å². The molecule has 10 heteroatoms. The van der Waals surface area contributed by atoms with Crippen LogP contribution in [0.3, 0.4) is 0 Å². The highest BCUT2D eigenvalue weighted by molar-refractivity contribution is 6.98. The third-order valence-corrected chi connectivity index (χ3v) is 14.3. The van der Waals surface area contributed by atoms with E-state index in [0.717, 1.165) is 26.7 Å². The summed E-state index contributed by atoms with van der Waals surface area (Å²) < 4.78 is 18.6. The van der Waals surface area contributed by atoms with Crippen molar-refractivity contribution in [2.24, 2.45) is 5.11 Å². The molecule has 0 radical (unpaired) electrons. The highest BCUT2D eigenvalue weighted by atomic mass is 28.4. The van der Waals surface area contributed by atoms with Crippen LogP contribution in [0.5, 0.6) is 0 Å². The van der Waals surface area contributed by atoms with E-state index < -0.39 is 50.0 Å². The summed E-state index contributed by atoms with van der Waals surface area (Å²) in [6, 6.07) is 40.7. The van der Waals surface area contributed by atoms with Gasteiger partial charge in [-0.2, -0.15) is 0 Å². The second-order valence-corrected chi connectivity index (χ2v) is 17.3. The first-order valence-electron chi connectivity index (χ1n) is 16.8. The first kappa shape index (κ1) is 35.0. The number of esters is 1. The Hall–Kier alpha value is -4.80. The summed E-state index contributed by atoms with van der Waals surface area (Å²) in [5.41, 5.74) is 10.7. The molecular weight excluding hydrogens is 647 g/mol. The third-order valence-electron chi connectivity index (χ3n) is 9.72. The van der Waals surface area contributed by atoms with Crippen molar-refractivity contribution in [3.8, 4) is 0 Å². The lowest BCUT2D eigenvalue weighted by Gasteiger charge is -2.45. The standard InChI is InChI=1S/C40H41N3O6Si/c1-40(2,50(46,32-18-8-4-9-19-32)33-20-10-5-11-21-33)25-24-34-36(44)37(49-38(45)30-15-6-3-7-16-30)35(42-43-41)39(48-34)47-27-28-22-23-29-14-12-13-17-31(29)26-28/h3-23,26,34-37,39,44,46H,24-25,27H2,1-2H3/t34?,35?,36-,37?,39-/m1/s1. The fraction of sp³-hybridized carbons (Fsp3) is 0.275. The van der Waals surface area contributed by atoms with Crippen molar-refractivity contribution in [1.29, 1.82) is 0 Å². The van der Waals surface area contributed by atoms with Crippen LogP contribution in [0.2, 0.25) is 5.04 Å². The number of aliphatic hydroxyl groups is 1. The number of carbonyl (C=O) groups excluding carboxylic acids is 1. The molecule has 5 aromatic rings. The number of fused-ring (bicyclic) bond motifs is 1. The fourth-order valence-electron chi connectivity index (χ4n) is 6.86. The molecule has 1 saturated heterocycles. The van der Waals surface area contributed by atoms with E-state index in [9.17, 15) is 20.2 Å². The molecule has 0 bridgehead atoms. The van der Waals surface area contributed by atoms with Crippen molar-refractivity contribution in [1.82, 2.24) is 0 Å². The first-order valence-corrected chi connectivity index (χ1v) is 18.7. The largest absolute Gasteiger partial charge is 0.455 e. The van der Waals surface area contributed by atoms with Gasteiger partial charge in [0.15, 0.2) is 6.29 Å². The van der Waals surface area contributed by atoms with Crippen LogP contribution in [0.25, 0.3) is 21.2 Å². The monoisotopic (exact) mass is 687 g/mol. The lowest BCUT2D eigenvalue weighted by Crippen LogP contribution is -2.65. The minimum absolute atomic E-state index is 0.120. The number of hydrogen-bond acceptors (Lipinski definition) is 7. The van der Waals surface area contributed by atoms with Gasteiger partial charge in [0.05, 0.1) is 18.3 Å². The normalized spacial score (nSPS) is 20.9. The first-order chi connectivity index (χ1) is 24.2. The predicted molar refractivity (Wildman–Crippen MR) is 195 cm³/mol. The van der Waals surface area contributed by atoms with Crippen LogP contribution in [0, 0.1) is 0 Å². The van der Waals surface area contributed by atoms with E-state index in [-0.39, 0.29) is 6.61 Å². The van der Waals surface area contributed by atoms with Gasteiger partial charge in [-0.05, 0) is 68.3 Å². The Balaban J connectivity index is 1.29. The van der Waals surface area contributed by atoms with E-state index in [1.165, 1.54) is 0 Å². The quantitative estimate of drug-likeness (QED) is 0.0496. The molecule has 9 nitrogen and oxygen atoms in total. The van der Waals surface area contributed by atoms with Gasteiger partial charge in [0.2, 0.25) is 0 Å². The maximum Gasteiger partial charge on any atom is 0.338 e. The highest BCUT2D eigenvalue weighted by Crippen LogP contribution is 2.42. The zero-order valence-corrected chi connectivity index (χ0v) is 29.1. The molecule has 3 unspecified atom stereocenters. The number of azide groups is 1. The van der Waals surface area contributed by atoms with Crippen molar-refractivity contribution >= 4 is 35.4 Å². The molecule has 1 aliphatic heterocycles. The highest BCUT2D eigenvalue weighted by Gasteiger charge is 2.52. The molecule has 0 aromatic heterocycles. The summed E-state index contributed by atoms with van der Waals surface area (Å²) >= 11 is 0. The van der Waals surface area contributed by atoms with E-state index in [0.29, 0.717) is 18.4 Å². The Bertz CT molecular complexity index is 1900. The second-order valence-electron chi connectivity index (χ2n) is 13.3. The molecule has 5 atom stereocenters. The SMILES string of the molecule is CC(C)(CCC1O[C@@H](OCc2ccc3ccccc3c2)C(N=[N+]=[N-])C(OC(=O)c2ccccc2)[C@@H]1O)[Si](O)(c1ccccc1)c1ccccc1. The molecule has 1 aliphatic rings. The molecule has 2 N–H and O–H groups in total.